The fourth-order valence-electron chi connectivity index (χ4n) is 2.16. The molecule has 0 atom stereocenters. The van der Waals surface area contributed by atoms with Gasteiger partial charge in [-0.25, -0.2) is 9.99 Å². The second-order valence-electron chi connectivity index (χ2n) is 5.15. The molecule has 0 unspecified atom stereocenters. The molecule has 0 fully saturated rings. The average molecular weight is 339 g/mol. The second kappa shape index (κ2) is 7.14. The Morgan fingerprint density at radius 3 is 2.83 bits per heavy atom. The summed E-state index contributed by atoms with van der Waals surface area (Å²) in [5.74, 6) is 0.136. The molecule has 0 aliphatic carbocycles. The zero-order valence-electron chi connectivity index (χ0n) is 13.0. The van der Waals surface area contributed by atoms with Gasteiger partial charge in [-0.1, -0.05) is 29.5 Å². The van der Waals surface area contributed by atoms with Crippen molar-refractivity contribution in [3.8, 4) is 11.5 Å². The number of hydrogen-bond donors (Lipinski definition) is 2. The third-order valence-corrected chi connectivity index (χ3v) is 4.45. The van der Waals surface area contributed by atoms with Crippen LogP contribution in [0.5, 0.6) is 11.5 Å². The molecular weight excluding hydrogens is 322 g/mol. The highest BCUT2D eigenvalue weighted by Gasteiger charge is 2.11. The molecular formula is C18H17N3O2S. The number of thiazole rings is 1. The van der Waals surface area contributed by atoms with Crippen LogP contribution in [0.15, 0.2) is 60.2 Å². The number of phenolic OH excluding ortho intramolecular Hbond substituents is 2. The highest BCUT2D eigenvalue weighted by atomic mass is 32.1. The molecule has 1 aromatic heterocycles. The molecule has 0 aliphatic rings. The third kappa shape index (κ3) is 3.55. The van der Waals surface area contributed by atoms with Gasteiger partial charge in [-0.3, -0.25) is 0 Å². The van der Waals surface area contributed by atoms with Crippen LogP contribution in [0.3, 0.4) is 0 Å². The molecule has 0 radical (unpaired) electrons. The first-order valence-corrected chi connectivity index (χ1v) is 8.29. The standard InChI is InChI=1S/C18H17N3O2S/c1-2-3-10-21(18-20-15-6-4-5-7-17(15)24-18)19-12-13-11-14(22)8-9-16(13)23/h2,4-9,11-12,22-23H,1,3,10H2/b19-12+. The van der Waals surface area contributed by atoms with Gasteiger partial charge < -0.3 is 10.2 Å². The lowest BCUT2D eigenvalue weighted by Crippen LogP contribution is -2.17. The second-order valence-corrected chi connectivity index (χ2v) is 6.16. The van der Waals surface area contributed by atoms with Gasteiger partial charge in [-0.2, -0.15) is 5.10 Å². The number of hydrogen-bond acceptors (Lipinski definition) is 6. The normalized spacial score (nSPS) is 11.2. The molecule has 0 aliphatic heterocycles. The maximum atomic E-state index is 9.86. The molecule has 122 valence electrons. The van der Waals surface area contributed by atoms with Crippen LogP contribution in [0.4, 0.5) is 5.13 Å². The average Bonchev–Trinajstić information content (AvgIpc) is 3.01. The van der Waals surface area contributed by atoms with Gasteiger partial charge in [0.1, 0.15) is 11.5 Å². The van der Waals surface area contributed by atoms with Crippen LogP contribution in [0.1, 0.15) is 12.0 Å². The zero-order valence-corrected chi connectivity index (χ0v) is 13.8. The largest absolute Gasteiger partial charge is 0.508 e. The number of nitrogens with zero attached hydrogens (tertiary/aromatic N) is 3. The van der Waals surface area contributed by atoms with Gasteiger partial charge in [0.25, 0.3) is 0 Å². The SMILES string of the molecule is C=CCCN(/N=C/c1cc(O)ccc1O)c1nc2ccccc2s1. The minimum absolute atomic E-state index is 0.0597. The number of fused-ring (bicyclic) bond motifs is 1. The van der Waals surface area contributed by atoms with Crippen molar-refractivity contribution in [1.29, 1.82) is 0 Å². The Bertz CT molecular complexity index is 856. The topological polar surface area (TPSA) is 69.0 Å². The summed E-state index contributed by atoms with van der Waals surface area (Å²) in [7, 11) is 0. The van der Waals surface area contributed by atoms with Crippen LogP contribution in [0.2, 0.25) is 0 Å². The van der Waals surface area contributed by atoms with Crippen molar-refractivity contribution in [3.63, 3.8) is 0 Å². The van der Waals surface area contributed by atoms with Crippen LogP contribution in [0.25, 0.3) is 10.2 Å². The van der Waals surface area contributed by atoms with Gasteiger partial charge in [0.05, 0.1) is 16.4 Å². The predicted molar refractivity (Wildman–Crippen MR) is 99.1 cm³/mol. The zero-order chi connectivity index (χ0) is 16.9. The third-order valence-electron chi connectivity index (χ3n) is 3.40. The molecule has 1 heterocycles. The molecule has 0 saturated heterocycles. The minimum atomic E-state index is 0.0597. The number of para-hydroxylation sites is 1. The number of hydrazone groups is 1. The summed E-state index contributed by atoms with van der Waals surface area (Å²) >= 11 is 1.55. The van der Waals surface area contributed by atoms with Crippen molar-refractivity contribution in [2.45, 2.75) is 6.42 Å². The molecule has 24 heavy (non-hydrogen) atoms. The van der Waals surface area contributed by atoms with E-state index < -0.39 is 0 Å². The van der Waals surface area contributed by atoms with E-state index in [1.165, 1.54) is 24.4 Å². The number of benzene rings is 2. The summed E-state index contributed by atoms with van der Waals surface area (Å²) < 4.78 is 1.09. The van der Waals surface area contributed by atoms with Crippen molar-refractivity contribution in [3.05, 3.63) is 60.7 Å². The van der Waals surface area contributed by atoms with E-state index >= 15 is 0 Å². The Balaban J connectivity index is 1.92. The van der Waals surface area contributed by atoms with E-state index in [1.807, 2.05) is 30.3 Å². The predicted octanol–water partition coefficient (Wildman–Crippen LogP) is 4.12. The molecule has 2 N–H and O–H groups in total. The Morgan fingerprint density at radius 1 is 1.21 bits per heavy atom. The Morgan fingerprint density at radius 2 is 2.04 bits per heavy atom. The lowest BCUT2D eigenvalue weighted by molar-refractivity contribution is 0.459. The number of phenols is 2. The Kier molecular flexibility index (Phi) is 4.77. The summed E-state index contributed by atoms with van der Waals surface area (Å²) in [5.41, 5.74) is 1.37. The van der Waals surface area contributed by atoms with Gasteiger partial charge in [-0.05, 0) is 36.8 Å². The molecule has 5 nitrogen and oxygen atoms in total. The molecule has 6 heteroatoms. The van der Waals surface area contributed by atoms with Crippen molar-refractivity contribution < 1.29 is 10.2 Å². The van der Waals surface area contributed by atoms with Gasteiger partial charge in [0, 0.05) is 12.1 Å². The van der Waals surface area contributed by atoms with Crippen molar-refractivity contribution >= 4 is 32.9 Å². The summed E-state index contributed by atoms with van der Waals surface area (Å²) in [4.78, 5) is 4.60. The van der Waals surface area contributed by atoms with Crippen LogP contribution >= 0.6 is 11.3 Å². The van der Waals surface area contributed by atoms with E-state index in [4.69, 9.17) is 0 Å². The van der Waals surface area contributed by atoms with Crippen molar-refractivity contribution in [2.24, 2.45) is 5.10 Å². The molecule has 3 aromatic rings. The monoisotopic (exact) mass is 339 g/mol. The van der Waals surface area contributed by atoms with Crippen LogP contribution in [-0.4, -0.2) is 28.0 Å². The first-order valence-electron chi connectivity index (χ1n) is 7.47. The molecule has 3 rings (SSSR count). The summed E-state index contributed by atoms with van der Waals surface area (Å²) in [5, 5.41) is 26.4. The molecule has 0 bridgehead atoms. The number of rotatable bonds is 6. The lowest BCUT2D eigenvalue weighted by atomic mass is 10.2. The quantitative estimate of drug-likeness (QED) is 0.307. The lowest BCUT2D eigenvalue weighted by Gasteiger charge is -2.14. The van der Waals surface area contributed by atoms with Gasteiger partial charge in [0.2, 0.25) is 5.13 Å². The van der Waals surface area contributed by atoms with E-state index in [2.05, 4.69) is 16.7 Å². The van der Waals surface area contributed by atoms with Crippen molar-refractivity contribution in [2.75, 3.05) is 11.6 Å². The van der Waals surface area contributed by atoms with E-state index in [0.29, 0.717) is 12.1 Å². The summed E-state index contributed by atoms with van der Waals surface area (Å²) in [6.45, 7) is 4.37. The van der Waals surface area contributed by atoms with E-state index in [-0.39, 0.29) is 11.5 Å². The Hall–Kier alpha value is -2.86. The van der Waals surface area contributed by atoms with Gasteiger partial charge >= 0.3 is 0 Å². The smallest absolute Gasteiger partial charge is 0.207 e. The van der Waals surface area contributed by atoms with Crippen molar-refractivity contribution in [1.82, 2.24) is 4.98 Å². The fraction of sp³-hybridized carbons (Fsp3) is 0.111. The number of anilines is 1. The first kappa shape index (κ1) is 16.0. The summed E-state index contributed by atoms with van der Waals surface area (Å²) in [6, 6.07) is 12.2. The van der Waals surface area contributed by atoms with Crippen LogP contribution in [0, 0.1) is 0 Å². The summed E-state index contributed by atoms with van der Waals surface area (Å²) in [6.07, 6.45) is 4.09. The van der Waals surface area contributed by atoms with E-state index in [1.54, 1.807) is 16.3 Å². The molecule has 0 amide bonds. The molecule has 0 saturated carbocycles. The molecule has 2 aromatic carbocycles. The number of aromatic nitrogens is 1. The first-order chi connectivity index (χ1) is 11.7. The van der Waals surface area contributed by atoms with E-state index in [0.717, 1.165) is 21.8 Å². The minimum Gasteiger partial charge on any atom is -0.508 e. The molecule has 0 spiro atoms. The van der Waals surface area contributed by atoms with Gasteiger partial charge in [0.15, 0.2) is 0 Å². The number of aromatic hydroxyl groups is 2. The Labute approximate surface area is 143 Å². The van der Waals surface area contributed by atoms with Gasteiger partial charge in [-0.15, -0.1) is 6.58 Å². The maximum absolute atomic E-state index is 9.86. The fourth-order valence-corrected chi connectivity index (χ4v) is 3.11. The highest BCUT2D eigenvalue weighted by Crippen LogP contribution is 2.29. The van der Waals surface area contributed by atoms with Crippen LogP contribution in [-0.2, 0) is 0 Å². The van der Waals surface area contributed by atoms with E-state index in [9.17, 15) is 10.2 Å². The maximum Gasteiger partial charge on any atom is 0.207 e. The van der Waals surface area contributed by atoms with Crippen LogP contribution < -0.4 is 5.01 Å². The highest BCUT2D eigenvalue weighted by molar-refractivity contribution is 7.22.